The van der Waals surface area contributed by atoms with Gasteiger partial charge in [0.25, 0.3) is 0 Å². The third-order valence-electron chi connectivity index (χ3n) is 3.40. The summed E-state index contributed by atoms with van der Waals surface area (Å²) < 4.78 is 31.8. The van der Waals surface area contributed by atoms with Crippen LogP contribution in [-0.2, 0) is 6.42 Å². The zero-order chi connectivity index (χ0) is 15.4. The van der Waals surface area contributed by atoms with Crippen molar-refractivity contribution in [2.24, 2.45) is 5.84 Å². The zero-order valence-corrected chi connectivity index (χ0v) is 12.0. The molecule has 0 saturated carbocycles. The van der Waals surface area contributed by atoms with Crippen molar-refractivity contribution >= 4 is 0 Å². The molecule has 2 aromatic rings. The predicted molar refractivity (Wildman–Crippen MR) is 77.9 cm³/mol. The molecule has 0 radical (unpaired) electrons. The summed E-state index contributed by atoms with van der Waals surface area (Å²) in [5, 5.41) is 0. The van der Waals surface area contributed by atoms with Gasteiger partial charge in [-0.3, -0.25) is 11.3 Å². The number of hydrogen-bond acceptors (Lipinski definition) is 3. The molecule has 0 aliphatic rings. The van der Waals surface area contributed by atoms with Crippen LogP contribution in [0.2, 0.25) is 0 Å². The van der Waals surface area contributed by atoms with Gasteiger partial charge in [0, 0.05) is 6.07 Å². The number of rotatable bonds is 5. The topological polar surface area (TPSA) is 47.3 Å². The quantitative estimate of drug-likeness (QED) is 0.658. The van der Waals surface area contributed by atoms with Gasteiger partial charge in [-0.25, -0.2) is 8.78 Å². The normalized spacial score (nSPS) is 12.2. The third-order valence-corrected chi connectivity index (χ3v) is 3.40. The number of halogens is 2. The lowest BCUT2D eigenvalue weighted by molar-refractivity contribution is 0.409. The van der Waals surface area contributed by atoms with Gasteiger partial charge in [-0.1, -0.05) is 12.1 Å². The first kappa shape index (κ1) is 15.4. The average molecular weight is 292 g/mol. The number of nitrogens with one attached hydrogen (secondary N) is 1. The van der Waals surface area contributed by atoms with Crippen molar-refractivity contribution in [3.63, 3.8) is 0 Å². The van der Waals surface area contributed by atoms with Crippen molar-refractivity contribution < 1.29 is 13.5 Å². The van der Waals surface area contributed by atoms with E-state index in [9.17, 15) is 8.78 Å². The highest BCUT2D eigenvalue weighted by Crippen LogP contribution is 2.25. The first-order valence-corrected chi connectivity index (χ1v) is 6.59. The minimum atomic E-state index is -0.595. The van der Waals surface area contributed by atoms with Crippen molar-refractivity contribution in [3.8, 4) is 5.75 Å². The molecule has 0 aliphatic heterocycles. The summed E-state index contributed by atoms with van der Waals surface area (Å²) >= 11 is 0. The summed E-state index contributed by atoms with van der Waals surface area (Å²) in [5.41, 5.74) is 5.11. The van der Waals surface area contributed by atoms with Gasteiger partial charge in [-0.15, -0.1) is 0 Å². The van der Waals surface area contributed by atoms with Crippen molar-refractivity contribution in [1.29, 1.82) is 0 Å². The van der Waals surface area contributed by atoms with Crippen LogP contribution in [0, 0.1) is 18.6 Å². The fourth-order valence-corrected chi connectivity index (χ4v) is 2.29. The van der Waals surface area contributed by atoms with Crippen molar-refractivity contribution in [3.05, 3.63) is 64.7 Å². The molecule has 2 rings (SSSR count). The Morgan fingerprint density at radius 1 is 1.14 bits per heavy atom. The second kappa shape index (κ2) is 6.65. The molecular weight excluding hydrogens is 274 g/mol. The number of methoxy groups -OCH3 is 1. The number of aryl methyl sites for hydroxylation is 1. The molecule has 0 bridgehead atoms. The number of ether oxygens (including phenoxy) is 1. The van der Waals surface area contributed by atoms with Gasteiger partial charge in [0.2, 0.25) is 0 Å². The van der Waals surface area contributed by atoms with E-state index in [-0.39, 0.29) is 6.04 Å². The maximum atomic E-state index is 13.2. The Morgan fingerprint density at radius 3 is 2.38 bits per heavy atom. The lowest BCUT2D eigenvalue weighted by atomic mass is 9.98. The van der Waals surface area contributed by atoms with Gasteiger partial charge in [0.15, 0.2) is 0 Å². The van der Waals surface area contributed by atoms with Crippen LogP contribution in [0.1, 0.15) is 22.7 Å². The molecule has 0 spiro atoms. The first-order valence-electron chi connectivity index (χ1n) is 6.59. The number of hydrogen-bond donors (Lipinski definition) is 2. The van der Waals surface area contributed by atoms with Crippen LogP contribution in [0.3, 0.4) is 0 Å². The van der Waals surface area contributed by atoms with E-state index < -0.39 is 11.6 Å². The zero-order valence-electron chi connectivity index (χ0n) is 12.0. The molecule has 0 fully saturated rings. The third kappa shape index (κ3) is 3.77. The van der Waals surface area contributed by atoms with Crippen molar-refractivity contribution in [1.82, 2.24) is 5.43 Å². The van der Waals surface area contributed by atoms with E-state index in [0.717, 1.165) is 22.9 Å². The van der Waals surface area contributed by atoms with Crippen LogP contribution in [0.15, 0.2) is 36.4 Å². The second-order valence-corrected chi connectivity index (χ2v) is 4.93. The Labute approximate surface area is 122 Å². The Kier molecular flexibility index (Phi) is 4.88. The van der Waals surface area contributed by atoms with Gasteiger partial charge in [0.1, 0.15) is 17.4 Å². The minimum absolute atomic E-state index is 0.263. The number of hydrazine groups is 1. The SMILES string of the molecule is COc1cc(C(Cc2cc(F)cc(F)c2)NN)ccc1C. The highest BCUT2D eigenvalue weighted by Gasteiger charge is 2.13. The lowest BCUT2D eigenvalue weighted by Gasteiger charge is -2.18. The molecule has 0 amide bonds. The highest BCUT2D eigenvalue weighted by molar-refractivity contribution is 5.38. The molecule has 112 valence electrons. The molecule has 2 aromatic carbocycles. The molecule has 0 heterocycles. The molecule has 0 saturated heterocycles. The monoisotopic (exact) mass is 292 g/mol. The second-order valence-electron chi connectivity index (χ2n) is 4.93. The fraction of sp³-hybridized carbons (Fsp3) is 0.250. The van der Waals surface area contributed by atoms with E-state index in [1.807, 2.05) is 25.1 Å². The summed E-state index contributed by atoms with van der Waals surface area (Å²) in [6.45, 7) is 1.94. The summed E-state index contributed by atoms with van der Waals surface area (Å²) in [7, 11) is 1.60. The molecule has 3 N–H and O–H groups in total. The largest absolute Gasteiger partial charge is 0.496 e. The molecule has 0 aromatic heterocycles. The van der Waals surface area contributed by atoms with Crippen LogP contribution in [0.25, 0.3) is 0 Å². The average Bonchev–Trinajstić information content (AvgIpc) is 2.44. The molecule has 1 unspecified atom stereocenters. The van der Waals surface area contributed by atoms with Crippen molar-refractivity contribution in [2.75, 3.05) is 7.11 Å². The van der Waals surface area contributed by atoms with Gasteiger partial charge >= 0.3 is 0 Å². The summed E-state index contributed by atoms with van der Waals surface area (Å²) in [4.78, 5) is 0. The minimum Gasteiger partial charge on any atom is -0.496 e. The summed E-state index contributed by atoms with van der Waals surface area (Å²) in [6, 6.07) is 8.90. The van der Waals surface area contributed by atoms with E-state index in [1.165, 1.54) is 12.1 Å². The Balaban J connectivity index is 2.27. The maximum Gasteiger partial charge on any atom is 0.126 e. The van der Waals surface area contributed by atoms with Crippen LogP contribution in [0.5, 0.6) is 5.75 Å². The Morgan fingerprint density at radius 2 is 1.81 bits per heavy atom. The van der Waals surface area contributed by atoms with E-state index in [1.54, 1.807) is 7.11 Å². The predicted octanol–water partition coefficient (Wildman–Crippen LogP) is 3.03. The van der Waals surface area contributed by atoms with Gasteiger partial charge in [-0.2, -0.15) is 0 Å². The van der Waals surface area contributed by atoms with Gasteiger partial charge in [0.05, 0.1) is 13.2 Å². The van der Waals surface area contributed by atoms with E-state index >= 15 is 0 Å². The van der Waals surface area contributed by atoms with Crippen LogP contribution < -0.4 is 16.0 Å². The van der Waals surface area contributed by atoms with Gasteiger partial charge < -0.3 is 4.74 Å². The fourth-order valence-electron chi connectivity index (χ4n) is 2.29. The molecule has 21 heavy (non-hydrogen) atoms. The van der Waals surface area contributed by atoms with E-state index in [0.29, 0.717) is 12.0 Å². The number of nitrogens with two attached hydrogens (primary N) is 1. The van der Waals surface area contributed by atoms with E-state index in [2.05, 4.69) is 5.43 Å². The molecular formula is C16H18F2N2O. The molecule has 5 heteroatoms. The van der Waals surface area contributed by atoms with Gasteiger partial charge in [-0.05, 0) is 48.2 Å². The summed E-state index contributed by atoms with van der Waals surface area (Å²) in [6.07, 6.45) is 0.372. The standard InChI is InChI=1S/C16H18F2N2O/c1-10-3-4-12(8-16(10)21-2)15(20-19)7-11-5-13(17)9-14(18)6-11/h3-6,8-9,15,20H,7,19H2,1-2H3. The summed E-state index contributed by atoms with van der Waals surface area (Å²) in [5.74, 6) is 5.14. The first-order chi connectivity index (χ1) is 10.0. The smallest absolute Gasteiger partial charge is 0.126 e. The molecule has 0 aliphatic carbocycles. The molecule has 1 atom stereocenters. The Bertz CT molecular complexity index is 611. The Hall–Kier alpha value is -1.98. The van der Waals surface area contributed by atoms with Crippen LogP contribution >= 0.6 is 0 Å². The number of benzene rings is 2. The van der Waals surface area contributed by atoms with Crippen molar-refractivity contribution in [2.45, 2.75) is 19.4 Å². The lowest BCUT2D eigenvalue weighted by Crippen LogP contribution is -2.29. The van der Waals surface area contributed by atoms with Crippen LogP contribution in [0.4, 0.5) is 8.78 Å². The molecule has 3 nitrogen and oxygen atoms in total. The maximum absolute atomic E-state index is 13.2. The van der Waals surface area contributed by atoms with E-state index in [4.69, 9.17) is 10.6 Å². The highest BCUT2D eigenvalue weighted by atomic mass is 19.1. The van der Waals surface area contributed by atoms with Crippen LogP contribution in [-0.4, -0.2) is 7.11 Å².